The minimum atomic E-state index is -1.35. The van der Waals surface area contributed by atoms with E-state index in [1.54, 1.807) is 6.20 Å². The van der Waals surface area contributed by atoms with Gasteiger partial charge in [-0.05, 0) is 52.2 Å². The van der Waals surface area contributed by atoms with Gasteiger partial charge >= 0.3 is 0 Å². The van der Waals surface area contributed by atoms with Gasteiger partial charge in [0.25, 0.3) is 0 Å². The normalized spacial score (nSPS) is 11.3. The number of nitrogens with zero attached hydrogens (tertiary/aromatic N) is 2. The third-order valence-electron chi connectivity index (χ3n) is 8.28. The molecule has 7 rings (SSSR count). The molecule has 0 saturated carbocycles. The molecule has 0 unspecified atom stereocenters. The number of fused-ring (bicyclic) bond motifs is 3. The Bertz CT molecular complexity index is 2080. The van der Waals surface area contributed by atoms with Crippen LogP contribution >= 0.6 is 0 Å². The molecule has 4 aromatic carbocycles. The number of pyridine rings is 2. The zero-order valence-corrected chi connectivity index (χ0v) is 31.3. The van der Waals surface area contributed by atoms with Gasteiger partial charge in [-0.2, -0.15) is 0 Å². The minimum absolute atomic E-state index is 0. The maximum absolute atomic E-state index is 6.25. The quantitative estimate of drug-likeness (QED) is 0.124. The van der Waals surface area contributed by atoms with Crippen molar-refractivity contribution in [3.8, 4) is 22.5 Å². The summed E-state index contributed by atoms with van der Waals surface area (Å²) in [5.41, 5.74) is 10.9. The number of hydrogen-bond acceptors (Lipinski definition) is 3. The number of aryl methyl sites for hydroxylation is 1. The van der Waals surface area contributed by atoms with Gasteiger partial charge in [0.05, 0.1) is 13.7 Å². The Morgan fingerprint density at radius 2 is 1.55 bits per heavy atom. The van der Waals surface area contributed by atoms with Gasteiger partial charge in [0.1, 0.15) is 5.58 Å². The Morgan fingerprint density at radius 3 is 2.23 bits per heavy atom. The van der Waals surface area contributed by atoms with Crippen LogP contribution in [-0.4, -0.2) is 18.0 Å². The van der Waals surface area contributed by atoms with Crippen LogP contribution < -0.4 is 5.19 Å². The molecule has 3 heterocycles. The summed E-state index contributed by atoms with van der Waals surface area (Å²) in [4.78, 5) is 9.14. The molecule has 0 aliphatic carbocycles. The van der Waals surface area contributed by atoms with E-state index in [0.717, 1.165) is 50.9 Å². The van der Waals surface area contributed by atoms with Crippen molar-refractivity contribution in [2.45, 2.75) is 52.8 Å². The summed E-state index contributed by atoms with van der Waals surface area (Å²) in [6.45, 7) is 13.8. The molecule has 0 N–H and O–H groups in total. The third kappa shape index (κ3) is 7.88. The van der Waals surface area contributed by atoms with Crippen molar-refractivity contribution in [1.82, 2.24) is 9.97 Å². The monoisotopic (exact) mass is 809 g/mol. The topological polar surface area (TPSA) is 38.9 Å². The second-order valence-electron chi connectivity index (χ2n) is 13.2. The molecular formula is C42H40IrN2OSi-2. The fourth-order valence-corrected chi connectivity index (χ4v) is 7.49. The van der Waals surface area contributed by atoms with Crippen molar-refractivity contribution in [1.29, 1.82) is 0 Å². The Morgan fingerprint density at radius 1 is 0.766 bits per heavy atom. The molecule has 0 bridgehead atoms. The minimum Gasteiger partial charge on any atom is -0.501 e. The molecule has 0 aliphatic rings. The maximum Gasteiger partial charge on any atom is 0.121 e. The molecule has 0 atom stereocenters. The van der Waals surface area contributed by atoms with E-state index in [0.29, 0.717) is 5.92 Å². The first-order valence-electron chi connectivity index (χ1n) is 16.0. The van der Waals surface area contributed by atoms with E-state index in [2.05, 4.69) is 130 Å². The standard InChI is InChI=1S/C24H16NO.C18H24NSi.Ir/c1-2-7-17(8-3-1)15-18-12-13-19-20-9-6-10-21(22-11-4-5-14-25-22)24(20)26-23(19)16-18;1-13(2)16-11-17(15-9-7-14(3)8-10-15)19-12-18(16)20(4,5)6;/h1-9,11-14,16H,15H2;7-9,11-13H,1-6H3;/q2*-1;. The molecule has 0 amide bonds. The van der Waals surface area contributed by atoms with Crippen molar-refractivity contribution >= 4 is 35.2 Å². The molecule has 3 nitrogen and oxygen atoms in total. The van der Waals surface area contributed by atoms with Gasteiger partial charge in [0, 0.05) is 37.9 Å². The van der Waals surface area contributed by atoms with E-state index in [1.807, 2.05) is 36.4 Å². The van der Waals surface area contributed by atoms with Gasteiger partial charge in [0.2, 0.25) is 0 Å². The Hall–Kier alpha value is -4.15. The van der Waals surface area contributed by atoms with Crippen LogP contribution in [0.15, 0.2) is 120 Å². The number of aromatic nitrogens is 2. The summed E-state index contributed by atoms with van der Waals surface area (Å²) in [5.74, 6) is 0.531. The third-order valence-corrected chi connectivity index (χ3v) is 10.3. The molecular weight excluding hydrogens is 769 g/mol. The molecule has 1 radical (unpaired) electrons. The predicted molar refractivity (Wildman–Crippen MR) is 195 cm³/mol. The number of furan rings is 1. The summed E-state index contributed by atoms with van der Waals surface area (Å²) in [6.07, 6.45) is 4.79. The summed E-state index contributed by atoms with van der Waals surface area (Å²) < 4.78 is 6.25. The van der Waals surface area contributed by atoms with Crippen LogP contribution in [0.3, 0.4) is 0 Å². The van der Waals surface area contributed by atoms with Crippen molar-refractivity contribution in [2.24, 2.45) is 0 Å². The van der Waals surface area contributed by atoms with E-state index in [1.165, 1.54) is 27.4 Å². The van der Waals surface area contributed by atoms with Crippen LogP contribution in [0.4, 0.5) is 0 Å². The maximum atomic E-state index is 6.25. The summed E-state index contributed by atoms with van der Waals surface area (Å²) in [5, 5.41) is 3.71. The molecule has 239 valence electrons. The Labute approximate surface area is 293 Å². The summed E-state index contributed by atoms with van der Waals surface area (Å²) in [6, 6.07) is 42.0. The smallest absolute Gasteiger partial charge is 0.121 e. The first kappa shape index (κ1) is 34.2. The molecule has 0 spiro atoms. The second-order valence-corrected chi connectivity index (χ2v) is 18.3. The Balaban J connectivity index is 0.000000188. The zero-order valence-electron chi connectivity index (χ0n) is 27.9. The first-order chi connectivity index (χ1) is 22.2. The van der Waals surface area contributed by atoms with Crippen molar-refractivity contribution in [3.05, 3.63) is 150 Å². The fourth-order valence-electron chi connectivity index (χ4n) is 5.81. The van der Waals surface area contributed by atoms with E-state index in [4.69, 9.17) is 9.40 Å². The average Bonchev–Trinajstić information content (AvgIpc) is 3.44. The van der Waals surface area contributed by atoms with Crippen LogP contribution in [0, 0.1) is 19.1 Å². The first-order valence-corrected chi connectivity index (χ1v) is 19.5. The molecule has 0 fully saturated rings. The molecule has 47 heavy (non-hydrogen) atoms. The molecule has 0 aliphatic heterocycles. The van der Waals surface area contributed by atoms with E-state index in [9.17, 15) is 0 Å². The van der Waals surface area contributed by atoms with Crippen LogP contribution in [0.25, 0.3) is 44.5 Å². The zero-order chi connectivity index (χ0) is 32.3. The molecule has 7 aromatic rings. The van der Waals surface area contributed by atoms with Gasteiger partial charge in [-0.15, -0.1) is 53.6 Å². The van der Waals surface area contributed by atoms with Crippen LogP contribution in [0.1, 0.15) is 42.0 Å². The second kappa shape index (κ2) is 14.7. The van der Waals surface area contributed by atoms with Gasteiger partial charge < -0.3 is 14.4 Å². The van der Waals surface area contributed by atoms with Crippen LogP contribution in [-0.2, 0) is 26.5 Å². The number of benzene rings is 4. The van der Waals surface area contributed by atoms with Crippen LogP contribution in [0.2, 0.25) is 19.6 Å². The average molecular weight is 809 g/mol. The van der Waals surface area contributed by atoms with Gasteiger partial charge in [-0.3, -0.25) is 0 Å². The van der Waals surface area contributed by atoms with Gasteiger partial charge in [0.15, 0.2) is 0 Å². The number of rotatable bonds is 6. The largest absolute Gasteiger partial charge is 0.501 e. The van der Waals surface area contributed by atoms with E-state index in [-0.39, 0.29) is 20.1 Å². The SMILES string of the molecule is Cc1c[c-]c(-c2cc(C(C)C)c([Si](C)(C)C)cn2)cc1.[Ir].[c-]1ccc2c(oc3cc(Cc4ccccc4)ccc32)c1-c1ccccn1. The van der Waals surface area contributed by atoms with E-state index < -0.39 is 8.07 Å². The van der Waals surface area contributed by atoms with Crippen molar-refractivity contribution in [2.75, 3.05) is 0 Å². The van der Waals surface area contributed by atoms with Gasteiger partial charge in [-0.25, -0.2) is 0 Å². The summed E-state index contributed by atoms with van der Waals surface area (Å²) >= 11 is 0. The molecule has 3 aromatic heterocycles. The Kier molecular flexibility index (Phi) is 10.7. The van der Waals surface area contributed by atoms with Crippen molar-refractivity contribution < 1.29 is 24.5 Å². The fraction of sp³-hybridized carbons (Fsp3) is 0.190. The van der Waals surface area contributed by atoms with Crippen molar-refractivity contribution in [3.63, 3.8) is 0 Å². The van der Waals surface area contributed by atoms with Gasteiger partial charge in [-0.1, -0.05) is 118 Å². The van der Waals surface area contributed by atoms with E-state index >= 15 is 0 Å². The molecule has 0 saturated heterocycles. The summed E-state index contributed by atoms with van der Waals surface area (Å²) in [7, 11) is -1.35. The predicted octanol–water partition coefficient (Wildman–Crippen LogP) is 10.6. The number of hydrogen-bond donors (Lipinski definition) is 0. The molecule has 5 heteroatoms. The van der Waals surface area contributed by atoms with Crippen LogP contribution in [0.5, 0.6) is 0 Å².